The second-order valence-electron chi connectivity index (χ2n) is 4.54. The van der Waals surface area contributed by atoms with Crippen molar-refractivity contribution < 1.29 is 48.6 Å². The molecule has 0 aliphatic carbocycles. The zero-order chi connectivity index (χ0) is 17.8. The van der Waals surface area contributed by atoms with Gasteiger partial charge in [-0.2, -0.15) is 0 Å². The lowest BCUT2D eigenvalue weighted by atomic mass is 10.2. The second-order valence-corrected chi connectivity index (χ2v) is 4.54. The summed E-state index contributed by atoms with van der Waals surface area (Å²) in [5, 5.41) is 28.0. The molecule has 0 aromatic rings. The maximum atomic E-state index is 10.9. The fraction of sp³-hybridized carbons (Fsp3) is 0.846. The number of carbonyl (C=O) groups is 2. The van der Waals surface area contributed by atoms with Gasteiger partial charge in [0.15, 0.2) is 12.6 Å². The maximum absolute atomic E-state index is 10.9. The van der Waals surface area contributed by atoms with Crippen molar-refractivity contribution in [3.63, 3.8) is 0 Å². The molecule has 5 atom stereocenters. The van der Waals surface area contributed by atoms with Crippen LogP contribution in [0.5, 0.6) is 0 Å². The van der Waals surface area contributed by atoms with E-state index in [2.05, 4.69) is 4.74 Å². The van der Waals surface area contributed by atoms with E-state index < -0.39 is 43.8 Å². The summed E-state index contributed by atoms with van der Waals surface area (Å²) >= 11 is 0. The minimum atomic E-state index is -2.04. The molecule has 0 saturated carbocycles. The number of aldehydes is 2. The molecule has 0 aliphatic heterocycles. The van der Waals surface area contributed by atoms with E-state index in [4.69, 9.17) is 18.9 Å². The van der Waals surface area contributed by atoms with Crippen molar-refractivity contribution in [3.05, 3.63) is 0 Å². The molecule has 0 spiro atoms. The zero-order valence-corrected chi connectivity index (χ0v) is 13.2. The number of hydrogen-bond acceptors (Lipinski definition) is 10. The SMILES string of the molecule is COCC(OC(OCC(C=O)OC(C=O)OC)C(O)O)C(C)O. The van der Waals surface area contributed by atoms with E-state index in [1.54, 1.807) is 0 Å². The van der Waals surface area contributed by atoms with Gasteiger partial charge in [0.1, 0.15) is 12.2 Å². The van der Waals surface area contributed by atoms with Crippen LogP contribution >= 0.6 is 0 Å². The lowest BCUT2D eigenvalue weighted by Gasteiger charge is -2.28. The molecule has 10 nitrogen and oxygen atoms in total. The summed E-state index contributed by atoms with van der Waals surface area (Å²) in [6.07, 6.45) is -7.20. The summed E-state index contributed by atoms with van der Waals surface area (Å²) in [4.78, 5) is 21.5. The predicted molar refractivity (Wildman–Crippen MR) is 74.2 cm³/mol. The summed E-state index contributed by atoms with van der Waals surface area (Å²) in [7, 11) is 2.59. The molecule has 0 heterocycles. The lowest BCUT2D eigenvalue weighted by molar-refractivity contribution is -0.288. The van der Waals surface area contributed by atoms with E-state index in [1.165, 1.54) is 21.1 Å². The van der Waals surface area contributed by atoms with Gasteiger partial charge < -0.3 is 43.8 Å². The molecular weight excluding hydrogens is 316 g/mol. The average Bonchev–Trinajstić information content (AvgIpc) is 2.52. The molecule has 136 valence electrons. The fourth-order valence-corrected chi connectivity index (χ4v) is 1.44. The first-order chi connectivity index (χ1) is 10.9. The minimum Gasteiger partial charge on any atom is -0.391 e. The predicted octanol–water partition coefficient (Wildman–Crippen LogP) is -2.19. The fourth-order valence-electron chi connectivity index (χ4n) is 1.44. The number of methoxy groups -OCH3 is 2. The van der Waals surface area contributed by atoms with Gasteiger partial charge in [-0.25, -0.2) is 0 Å². The summed E-state index contributed by atoms with van der Waals surface area (Å²) in [6.45, 7) is 0.975. The molecule has 0 bridgehead atoms. The van der Waals surface area contributed by atoms with Crippen LogP contribution in [-0.4, -0.2) is 92.5 Å². The first-order valence-corrected chi connectivity index (χ1v) is 6.78. The Morgan fingerprint density at radius 1 is 1.00 bits per heavy atom. The van der Waals surface area contributed by atoms with Crippen molar-refractivity contribution in [2.24, 2.45) is 0 Å². The number of aliphatic hydroxyl groups is 3. The monoisotopic (exact) mass is 340 g/mol. The Hall–Kier alpha value is -0.980. The highest BCUT2D eigenvalue weighted by Gasteiger charge is 2.27. The third-order valence-electron chi connectivity index (χ3n) is 2.65. The van der Waals surface area contributed by atoms with Crippen LogP contribution in [0.15, 0.2) is 0 Å². The molecule has 23 heavy (non-hydrogen) atoms. The van der Waals surface area contributed by atoms with Gasteiger partial charge in [-0.05, 0) is 6.92 Å². The Balaban J connectivity index is 4.61. The number of aliphatic hydroxyl groups excluding tert-OH is 2. The maximum Gasteiger partial charge on any atom is 0.215 e. The van der Waals surface area contributed by atoms with Crippen LogP contribution in [0.1, 0.15) is 6.92 Å². The van der Waals surface area contributed by atoms with Crippen molar-refractivity contribution in [3.8, 4) is 0 Å². The molecule has 5 unspecified atom stereocenters. The van der Waals surface area contributed by atoms with Crippen LogP contribution in [0.4, 0.5) is 0 Å². The molecule has 0 rings (SSSR count). The van der Waals surface area contributed by atoms with E-state index in [0.29, 0.717) is 12.6 Å². The van der Waals surface area contributed by atoms with E-state index in [0.717, 1.165) is 0 Å². The van der Waals surface area contributed by atoms with Crippen molar-refractivity contribution in [1.82, 2.24) is 0 Å². The standard InChI is InChI=1S/C13H24O10/c1-8(16)10(7-19-2)23-13(12(17)18)21-6-9(4-14)22-11(5-15)20-3/h4-5,8-13,16-18H,6-7H2,1-3H3. The third-order valence-corrected chi connectivity index (χ3v) is 2.65. The summed E-state index contributed by atoms with van der Waals surface area (Å²) in [5.41, 5.74) is 0. The highest BCUT2D eigenvalue weighted by molar-refractivity contribution is 5.58. The van der Waals surface area contributed by atoms with Crippen LogP contribution in [0, 0.1) is 0 Å². The van der Waals surface area contributed by atoms with Crippen molar-refractivity contribution in [1.29, 1.82) is 0 Å². The Morgan fingerprint density at radius 3 is 2.04 bits per heavy atom. The molecule has 0 amide bonds. The van der Waals surface area contributed by atoms with Crippen LogP contribution in [-0.2, 0) is 33.3 Å². The average molecular weight is 340 g/mol. The zero-order valence-electron chi connectivity index (χ0n) is 13.2. The van der Waals surface area contributed by atoms with Gasteiger partial charge in [0.25, 0.3) is 0 Å². The first kappa shape index (κ1) is 22.0. The number of rotatable bonds is 14. The minimum absolute atomic E-state index is 0.0191. The van der Waals surface area contributed by atoms with E-state index in [1.807, 2.05) is 0 Å². The third kappa shape index (κ3) is 9.03. The van der Waals surface area contributed by atoms with E-state index >= 15 is 0 Å². The van der Waals surface area contributed by atoms with Gasteiger partial charge in [-0.3, -0.25) is 4.79 Å². The van der Waals surface area contributed by atoms with Gasteiger partial charge in [0.05, 0.1) is 19.3 Å². The van der Waals surface area contributed by atoms with Crippen LogP contribution in [0.3, 0.4) is 0 Å². The van der Waals surface area contributed by atoms with Crippen LogP contribution < -0.4 is 0 Å². The Bertz CT molecular complexity index is 322. The first-order valence-electron chi connectivity index (χ1n) is 6.78. The lowest BCUT2D eigenvalue weighted by Crippen LogP contribution is -2.42. The molecule has 0 saturated heterocycles. The van der Waals surface area contributed by atoms with E-state index in [-0.39, 0.29) is 6.61 Å². The van der Waals surface area contributed by atoms with Gasteiger partial charge in [-0.15, -0.1) is 0 Å². The summed E-state index contributed by atoms with van der Waals surface area (Å²) in [5.74, 6) is 0. The topological polar surface area (TPSA) is 141 Å². The molecule has 0 aromatic carbocycles. The summed E-state index contributed by atoms with van der Waals surface area (Å²) in [6, 6.07) is 0. The largest absolute Gasteiger partial charge is 0.391 e. The molecule has 0 aromatic heterocycles. The molecular formula is C13H24O10. The Kier molecular flexibility index (Phi) is 11.9. The number of carbonyl (C=O) groups excluding carboxylic acids is 2. The molecule has 0 radical (unpaired) electrons. The van der Waals surface area contributed by atoms with Crippen molar-refractivity contribution in [2.45, 2.75) is 44.1 Å². The Morgan fingerprint density at radius 2 is 1.65 bits per heavy atom. The molecule has 3 N–H and O–H groups in total. The number of ether oxygens (including phenoxy) is 5. The van der Waals surface area contributed by atoms with E-state index in [9.17, 15) is 24.9 Å². The van der Waals surface area contributed by atoms with Crippen LogP contribution in [0.25, 0.3) is 0 Å². The number of hydrogen-bond donors (Lipinski definition) is 3. The van der Waals surface area contributed by atoms with Gasteiger partial charge in [0.2, 0.25) is 18.9 Å². The smallest absolute Gasteiger partial charge is 0.215 e. The molecule has 10 heteroatoms. The molecule has 0 aliphatic rings. The Labute approximate surface area is 133 Å². The van der Waals surface area contributed by atoms with Crippen LogP contribution in [0.2, 0.25) is 0 Å². The highest BCUT2D eigenvalue weighted by Crippen LogP contribution is 2.10. The van der Waals surface area contributed by atoms with Gasteiger partial charge >= 0.3 is 0 Å². The van der Waals surface area contributed by atoms with Gasteiger partial charge in [-0.1, -0.05) is 0 Å². The van der Waals surface area contributed by atoms with Gasteiger partial charge in [0, 0.05) is 14.2 Å². The summed E-state index contributed by atoms with van der Waals surface area (Å²) < 4.78 is 24.7. The normalized spacial score (nSPS) is 18.2. The quantitative estimate of drug-likeness (QED) is 0.236. The molecule has 0 fully saturated rings. The van der Waals surface area contributed by atoms with Crippen molar-refractivity contribution >= 4 is 12.6 Å². The highest BCUT2D eigenvalue weighted by atomic mass is 16.7. The second kappa shape index (κ2) is 12.4. The van der Waals surface area contributed by atoms with Crippen molar-refractivity contribution in [2.75, 3.05) is 27.4 Å².